The fourth-order valence-corrected chi connectivity index (χ4v) is 1.57. The van der Waals surface area contributed by atoms with Crippen molar-refractivity contribution in [2.24, 2.45) is 0 Å². The van der Waals surface area contributed by atoms with Crippen molar-refractivity contribution in [2.45, 2.75) is 0 Å². The normalized spacial score (nSPS) is 10.4. The predicted octanol–water partition coefficient (Wildman–Crippen LogP) is -0.130. The van der Waals surface area contributed by atoms with Gasteiger partial charge in [0.2, 0.25) is 0 Å². The first-order valence-corrected chi connectivity index (χ1v) is 5.55. The number of rotatable bonds is 0. The molecule has 4 aromatic heterocycles. The first kappa shape index (κ1) is 11.8. The molecule has 20 heavy (non-hydrogen) atoms. The maximum absolute atomic E-state index is 5.48. The molecule has 0 bridgehead atoms. The maximum atomic E-state index is 5.48. The van der Waals surface area contributed by atoms with E-state index in [0.29, 0.717) is 34.0 Å². The van der Waals surface area contributed by atoms with Gasteiger partial charge in [-0.1, -0.05) is 0 Å². The predicted molar refractivity (Wildman–Crippen MR) is 72.2 cm³/mol. The molecule has 0 saturated carbocycles. The van der Waals surface area contributed by atoms with E-state index in [1.54, 1.807) is 0 Å². The second-order valence-electron chi connectivity index (χ2n) is 3.72. The number of nitrogens with zero attached hydrogens (tertiary/aromatic N) is 6. The third kappa shape index (κ3) is 2.05. The molecule has 100 valence electrons. The van der Waals surface area contributed by atoms with Crippen LogP contribution in [-0.2, 0) is 0 Å². The van der Waals surface area contributed by atoms with Crippen molar-refractivity contribution in [2.75, 3.05) is 11.5 Å². The molecule has 10 nitrogen and oxygen atoms in total. The Hall–Kier alpha value is -3.30. The van der Waals surface area contributed by atoms with Crippen LogP contribution in [0.4, 0.5) is 11.6 Å². The largest absolute Gasteiger partial charge is 0.382 e. The molecule has 4 aromatic rings. The molecular formula is C10H10N10. The van der Waals surface area contributed by atoms with Gasteiger partial charge in [0.25, 0.3) is 0 Å². The molecule has 0 aliphatic rings. The third-order valence-corrected chi connectivity index (χ3v) is 2.50. The molecule has 0 aromatic carbocycles. The van der Waals surface area contributed by atoms with Crippen LogP contribution in [0.25, 0.3) is 22.3 Å². The molecule has 0 aliphatic carbocycles. The summed E-state index contributed by atoms with van der Waals surface area (Å²) in [6, 6.07) is 0. The Balaban J connectivity index is 0.000000121. The van der Waals surface area contributed by atoms with E-state index in [-0.39, 0.29) is 0 Å². The van der Waals surface area contributed by atoms with Crippen molar-refractivity contribution >= 4 is 34.0 Å². The number of hydrogen-bond donors (Lipinski definition) is 4. The SMILES string of the molecule is Nc1ncnc2nc[nH]c12.Nc1ncnc2nc[nH]c12. The van der Waals surface area contributed by atoms with Gasteiger partial charge in [0.05, 0.1) is 12.7 Å². The van der Waals surface area contributed by atoms with Gasteiger partial charge in [0.1, 0.15) is 23.7 Å². The molecule has 0 aliphatic heterocycles. The van der Waals surface area contributed by atoms with E-state index in [2.05, 4.69) is 39.9 Å². The van der Waals surface area contributed by atoms with Crippen LogP contribution in [-0.4, -0.2) is 39.9 Å². The Morgan fingerprint density at radius 2 is 1.10 bits per heavy atom. The standard InChI is InChI=1S/2C5H5N5/c2*6-4-3-5(9-1-7-3)10-2-8-4/h2*1-2H,(H3,6,7,8,9,10). The molecule has 0 radical (unpaired) electrons. The summed E-state index contributed by atoms with van der Waals surface area (Å²) >= 11 is 0. The molecule has 6 N–H and O–H groups in total. The van der Waals surface area contributed by atoms with Crippen LogP contribution < -0.4 is 11.5 Å². The number of aromatic amines is 2. The molecule has 10 heteroatoms. The lowest BCUT2D eigenvalue weighted by molar-refractivity contribution is 1.21. The van der Waals surface area contributed by atoms with Crippen molar-refractivity contribution in [1.29, 1.82) is 0 Å². The van der Waals surface area contributed by atoms with Gasteiger partial charge in [-0.3, -0.25) is 0 Å². The maximum Gasteiger partial charge on any atom is 0.182 e. The summed E-state index contributed by atoms with van der Waals surface area (Å²) in [5, 5.41) is 0. The highest BCUT2D eigenvalue weighted by atomic mass is 15.0. The quantitative estimate of drug-likeness (QED) is 0.343. The molecule has 4 rings (SSSR count). The molecule has 0 fully saturated rings. The zero-order valence-corrected chi connectivity index (χ0v) is 10.1. The monoisotopic (exact) mass is 270 g/mol. The van der Waals surface area contributed by atoms with Crippen molar-refractivity contribution < 1.29 is 0 Å². The van der Waals surface area contributed by atoms with Crippen molar-refractivity contribution in [1.82, 2.24) is 39.9 Å². The Bertz CT molecular complexity index is 775. The van der Waals surface area contributed by atoms with Gasteiger partial charge in [-0.2, -0.15) is 0 Å². The number of anilines is 2. The van der Waals surface area contributed by atoms with E-state index >= 15 is 0 Å². The summed E-state index contributed by atoms with van der Waals surface area (Å²) in [4.78, 5) is 28.7. The van der Waals surface area contributed by atoms with Gasteiger partial charge in [-0.05, 0) is 0 Å². The summed E-state index contributed by atoms with van der Waals surface area (Å²) in [6.07, 6.45) is 5.85. The minimum Gasteiger partial charge on any atom is -0.382 e. The van der Waals surface area contributed by atoms with Gasteiger partial charge in [0, 0.05) is 0 Å². The average molecular weight is 270 g/mol. The van der Waals surface area contributed by atoms with Crippen LogP contribution in [0.5, 0.6) is 0 Å². The minimum atomic E-state index is 0.433. The van der Waals surface area contributed by atoms with Crippen LogP contribution >= 0.6 is 0 Å². The van der Waals surface area contributed by atoms with Crippen LogP contribution in [0.2, 0.25) is 0 Å². The number of nitrogens with one attached hydrogen (secondary N) is 2. The molecule has 0 saturated heterocycles. The number of nitrogens with two attached hydrogens (primary N) is 2. The number of nitrogen functional groups attached to an aromatic ring is 2. The van der Waals surface area contributed by atoms with Gasteiger partial charge >= 0.3 is 0 Å². The van der Waals surface area contributed by atoms with Crippen LogP contribution in [0.3, 0.4) is 0 Å². The molecule has 0 spiro atoms. The Morgan fingerprint density at radius 1 is 0.650 bits per heavy atom. The van der Waals surface area contributed by atoms with E-state index < -0.39 is 0 Å². The Kier molecular flexibility index (Phi) is 2.80. The summed E-state index contributed by atoms with van der Waals surface area (Å²) in [7, 11) is 0. The summed E-state index contributed by atoms with van der Waals surface area (Å²) in [5.41, 5.74) is 13.6. The number of aromatic nitrogens is 8. The lowest BCUT2D eigenvalue weighted by Crippen LogP contribution is -1.91. The number of hydrogen-bond acceptors (Lipinski definition) is 8. The Labute approximate surface area is 111 Å². The zero-order chi connectivity index (χ0) is 13.9. The minimum absolute atomic E-state index is 0.433. The second-order valence-corrected chi connectivity index (χ2v) is 3.72. The fraction of sp³-hybridized carbons (Fsp3) is 0. The number of fused-ring (bicyclic) bond motifs is 2. The lowest BCUT2D eigenvalue weighted by atomic mass is 10.5. The second kappa shape index (κ2) is 4.76. The van der Waals surface area contributed by atoms with Crippen molar-refractivity contribution in [3.63, 3.8) is 0 Å². The molecule has 0 amide bonds. The van der Waals surface area contributed by atoms with Gasteiger partial charge in [0.15, 0.2) is 22.9 Å². The lowest BCUT2D eigenvalue weighted by Gasteiger charge is -1.89. The van der Waals surface area contributed by atoms with Gasteiger partial charge < -0.3 is 21.4 Å². The van der Waals surface area contributed by atoms with E-state index in [1.165, 1.54) is 25.3 Å². The molecule has 0 atom stereocenters. The topological polar surface area (TPSA) is 161 Å². The summed E-state index contributed by atoms with van der Waals surface area (Å²) < 4.78 is 0. The van der Waals surface area contributed by atoms with E-state index in [0.717, 1.165) is 0 Å². The molecular weight excluding hydrogens is 260 g/mol. The van der Waals surface area contributed by atoms with Crippen LogP contribution in [0.1, 0.15) is 0 Å². The smallest absolute Gasteiger partial charge is 0.182 e. The van der Waals surface area contributed by atoms with Gasteiger partial charge in [-0.25, -0.2) is 29.9 Å². The fourth-order valence-electron chi connectivity index (χ4n) is 1.57. The van der Waals surface area contributed by atoms with E-state index in [4.69, 9.17) is 11.5 Å². The number of H-pyrrole nitrogens is 2. The highest BCUT2D eigenvalue weighted by Gasteiger charge is 1.99. The van der Waals surface area contributed by atoms with E-state index in [1.807, 2.05) is 0 Å². The number of imidazole rings is 2. The molecule has 0 unspecified atom stereocenters. The van der Waals surface area contributed by atoms with Gasteiger partial charge in [-0.15, -0.1) is 0 Å². The first-order chi connectivity index (χ1) is 9.75. The average Bonchev–Trinajstić information content (AvgIpc) is 3.08. The highest BCUT2D eigenvalue weighted by Crippen LogP contribution is 2.09. The van der Waals surface area contributed by atoms with E-state index in [9.17, 15) is 0 Å². The third-order valence-electron chi connectivity index (χ3n) is 2.50. The summed E-state index contributed by atoms with van der Waals surface area (Å²) in [6.45, 7) is 0. The molecule has 4 heterocycles. The van der Waals surface area contributed by atoms with Crippen LogP contribution in [0.15, 0.2) is 25.3 Å². The van der Waals surface area contributed by atoms with Crippen molar-refractivity contribution in [3.05, 3.63) is 25.3 Å². The first-order valence-electron chi connectivity index (χ1n) is 5.55. The Morgan fingerprint density at radius 3 is 1.50 bits per heavy atom. The summed E-state index contributed by atoms with van der Waals surface area (Å²) in [5.74, 6) is 0.866. The zero-order valence-electron chi connectivity index (χ0n) is 10.1. The highest BCUT2D eigenvalue weighted by molar-refractivity contribution is 5.80. The van der Waals surface area contributed by atoms with Crippen LogP contribution in [0, 0.1) is 0 Å². The van der Waals surface area contributed by atoms with Crippen molar-refractivity contribution in [3.8, 4) is 0 Å².